The van der Waals surface area contributed by atoms with Crippen molar-refractivity contribution in [2.45, 2.75) is 0 Å². The Kier molecular flexibility index (Phi) is 3.80. The van der Waals surface area contributed by atoms with E-state index in [0.29, 0.717) is 12.1 Å². The Morgan fingerprint density at radius 3 is 2.40 bits per heavy atom. The Morgan fingerprint density at radius 2 is 1.80 bits per heavy atom. The highest BCUT2D eigenvalue weighted by Gasteiger charge is 2.18. The molecule has 0 aliphatic heterocycles. The molecule has 2 aromatic rings. The van der Waals surface area contributed by atoms with Gasteiger partial charge in [-0.2, -0.15) is 0 Å². The summed E-state index contributed by atoms with van der Waals surface area (Å²) in [5.74, 6) is -4.51. The Hall–Kier alpha value is -2.28. The van der Waals surface area contributed by atoms with E-state index >= 15 is 0 Å². The van der Waals surface area contributed by atoms with Crippen LogP contribution in [0.5, 0.6) is 0 Å². The second kappa shape index (κ2) is 5.38. The summed E-state index contributed by atoms with van der Waals surface area (Å²) >= 11 is 5.69. The maximum Gasteiger partial charge on any atom is 0.259 e. The van der Waals surface area contributed by atoms with Crippen LogP contribution in [-0.2, 0) is 0 Å². The van der Waals surface area contributed by atoms with Crippen molar-refractivity contribution in [3.8, 4) is 0 Å². The summed E-state index contributed by atoms with van der Waals surface area (Å²) < 4.78 is 39.5. The third-order valence-electron chi connectivity index (χ3n) is 2.35. The second-order valence-electron chi connectivity index (χ2n) is 3.81. The summed E-state index contributed by atoms with van der Waals surface area (Å²) in [6.07, 6.45) is 1.22. The molecule has 0 fully saturated rings. The number of carbonyl (C=O) groups is 1. The normalized spacial score (nSPS) is 10.4. The van der Waals surface area contributed by atoms with Gasteiger partial charge in [-0.1, -0.05) is 11.6 Å². The predicted octanol–water partition coefficient (Wildman–Crippen LogP) is 2.99. The van der Waals surface area contributed by atoms with Crippen molar-refractivity contribution in [2.75, 3.05) is 11.1 Å². The van der Waals surface area contributed by atoms with Crippen LogP contribution in [0.15, 0.2) is 24.4 Å². The van der Waals surface area contributed by atoms with Gasteiger partial charge in [0.15, 0.2) is 11.6 Å². The van der Waals surface area contributed by atoms with E-state index in [4.69, 9.17) is 17.3 Å². The van der Waals surface area contributed by atoms with Crippen molar-refractivity contribution < 1.29 is 18.0 Å². The molecule has 4 nitrogen and oxygen atoms in total. The molecule has 8 heteroatoms. The molecule has 0 aliphatic carbocycles. The molecular formula is C12H7ClF3N3O. The fraction of sp³-hybridized carbons (Fsp3) is 0. The minimum Gasteiger partial charge on any atom is -0.397 e. The van der Waals surface area contributed by atoms with Gasteiger partial charge >= 0.3 is 0 Å². The molecule has 0 spiro atoms. The summed E-state index contributed by atoms with van der Waals surface area (Å²) in [5, 5.41) is 1.77. The number of nitrogens with one attached hydrogen (secondary N) is 1. The molecular weight excluding hydrogens is 295 g/mol. The Labute approximate surface area is 116 Å². The molecule has 3 N–H and O–H groups in total. The third kappa shape index (κ3) is 2.83. The molecule has 1 aromatic heterocycles. The Bertz CT molecular complexity index is 671. The van der Waals surface area contributed by atoms with E-state index in [2.05, 4.69) is 4.98 Å². The number of nitrogens with zero attached hydrogens (tertiary/aromatic N) is 1. The van der Waals surface area contributed by atoms with Gasteiger partial charge in [0.05, 0.1) is 17.4 Å². The molecule has 104 valence electrons. The Balaban J connectivity index is 2.35. The van der Waals surface area contributed by atoms with Gasteiger partial charge in [-0.15, -0.1) is 0 Å². The Morgan fingerprint density at radius 1 is 1.20 bits per heavy atom. The predicted molar refractivity (Wildman–Crippen MR) is 67.9 cm³/mol. The molecule has 2 rings (SSSR count). The van der Waals surface area contributed by atoms with Crippen molar-refractivity contribution in [1.29, 1.82) is 0 Å². The number of hydrogen-bond acceptors (Lipinski definition) is 3. The number of aromatic nitrogens is 1. The quantitative estimate of drug-likeness (QED) is 0.838. The molecule has 20 heavy (non-hydrogen) atoms. The van der Waals surface area contributed by atoms with Crippen molar-refractivity contribution in [2.24, 2.45) is 0 Å². The van der Waals surface area contributed by atoms with Crippen molar-refractivity contribution >= 4 is 28.9 Å². The summed E-state index contributed by atoms with van der Waals surface area (Å²) in [6.45, 7) is 0. The van der Waals surface area contributed by atoms with Gasteiger partial charge in [-0.25, -0.2) is 18.2 Å². The maximum atomic E-state index is 13.4. The fourth-order valence-electron chi connectivity index (χ4n) is 1.47. The number of rotatable bonds is 2. The van der Waals surface area contributed by atoms with E-state index < -0.39 is 29.0 Å². The molecule has 0 saturated carbocycles. The van der Waals surface area contributed by atoms with E-state index in [1.165, 1.54) is 12.3 Å². The number of halogens is 4. The first-order valence-electron chi connectivity index (χ1n) is 5.25. The molecule has 1 amide bonds. The lowest BCUT2D eigenvalue weighted by Crippen LogP contribution is -2.16. The van der Waals surface area contributed by atoms with Crippen LogP contribution >= 0.6 is 11.6 Å². The van der Waals surface area contributed by atoms with Crippen LogP contribution in [0, 0.1) is 17.5 Å². The molecule has 1 heterocycles. The summed E-state index contributed by atoms with van der Waals surface area (Å²) in [6, 6.07) is 2.08. The van der Waals surface area contributed by atoms with E-state index in [9.17, 15) is 18.0 Å². The van der Waals surface area contributed by atoms with Gasteiger partial charge in [-0.3, -0.25) is 4.79 Å². The lowest BCUT2D eigenvalue weighted by molar-refractivity contribution is 0.102. The number of hydrogen-bond donors (Lipinski definition) is 2. The van der Waals surface area contributed by atoms with E-state index in [0.717, 1.165) is 0 Å². The first-order chi connectivity index (χ1) is 9.38. The van der Waals surface area contributed by atoms with Gasteiger partial charge in [-0.05, 0) is 6.07 Å². The van der Waals surface area contributed by atoms with Crippen LogP contribution in [0.25, 0.3) is 0 Å². The van der Waals surface area contributed by atoms with Crippen LogP contribution in [0.2, 0.25) is 5.15 Å². The van der Waals surface area contributed by atoms with Crippen molar-refractivity contribution in [3.05, 3.63) is 52.6 Å². The maximum absolute atomic E-state index is 13.4. The number of anilines is 2. The molecule has 0 unspecified atom stereocenters. The minimum atomic E-state index is -1.25. The van der Waals surface area contributed by atoms with E-state index in [1.807, 2.05) is 5.32 Å². The monoisotopic (exact) mass is 301 g/mol. The summed E-state index contributed by atoms with van der Waals surface area (Å²) in [4.78, 5) is 15.5. The number of pyridine rings is 1. The first-order valence-corrected chi connectivity index (χ1v) is 5.63. The van der Waals surface area contributed by atoms with Gasteiger partial charge in [0.25, 0.3) is 5.91 Å². The highest BCUT2D eigenvalue weighted by atomic mass is 35.5. The van der Waals surface area contributed by atoms with E-state index in [1.54, 1.807) is 0 Å². The number of benzene rings is 1. The van der Waals surface area contributed by atoms with Gasteiger partial charge < -0.3 is 11.1 Å². The van der Waals surface area contributed by atoms with Gasteiger partial charge in [0, 0.05) is 12.1 Å². The van der Waals surface area contributed by atoms with Crippen LogP contribution in [0.1, 0.15) is 10.4 Å². The highest BCUT2D eigenvalue weighted by Crippen LogP contribution is 2.22. The van der Waals surface area contributed by atoms with Crippen LogP contribution in [0.4, 0.5) is 24.5 Å². The second-order valence-corrected chi connectivity index (χ2v) is 4.16. The molecule has 0 saturated heterocycles. The molecule has 0 aliphatic rings. The third-order valence-corrected chi connectivity index (χ3v) is 2.65. The zero-order valence-corrected chi connectivity index (χ0v) is 10.5. The molecule has 1 aromatic carbocycles. The lowest BCUT2D eigenvalue weighted by atomic mass is 10.2. The smallest absolute Gasteiger partial charge is 0.259 e. The van der Waals surface area contributed by atoms with E-state index in [-0.39, 0.29) is 16.4 Å². The SMILES string of the molecule is Nc1cnc(Cl)c(C(=O)Nc2c(F)cc(F)cc2F)c1. The molecule has 0 atom stereocenters. The van der Waals surface area contributed by atoms with Crippen LogP contribution in [-0.4, -0.2) is 10.9 Å². The number of nitrogens with two attached hydrogens (primary N) is 1. The van der Waals surface area contributed by atoms with Gasteiger partial charge in [0.1, 0.15) is 16.7 Å². The van der Waals surface area contributed by atoms with Crippen molar-refractivity contribution in [1.82, 2.24) is 4.98 Å². The molecule has 0 bridgehead atoms. The fourth-order valence-corrected chi connectivity index (χ4v) is 1.66. The van der Waals surface area contributed by atoms with Crippen molar-refractivity contribution in [3.63, 3.8) is 0 Å². The lowest BCUT2D eigenvalue weighted by Gasteiger charge is -2.09. The molecule has 0 radical (unpaired) electrons. The number of nitrogen functional groups attached to an aromatic ring is 1. The largest absolute Gasteiger partial charge is 0.397 e. The first kappa shape index (κ1) is 14.1. The zero-order chi connectivity index (χ0) is 14.9. The van der Waals surface area contributed by atoms with Crippen LogP contribution in [0.3, 0.4) is 0 Å². The standard InChI is InChI=1S/C12H7ClF3N3O/c13-11-7(3-6(17)4-18-11)12(20)19-10-8(15)1-5(14)2-9(10)16/h1-4H,17H2,(H,19,20). The number of amides is 1. The highest BCUT2D eigenvalue weighted by molar-refractivity contribution is 6.33. The zero-order valence-electron chi connectivity index (χ0n) is 9.75. The van der Waals surface area contributed by atoms with Crippen LogP contribution < -0.4 is 11.1 Å². The van der Waals surface area contributed by atoms with Gasteiger partial charge in [0.2, 0.25) is 0 Å². The summed E-state index contributed by atoms with van der Waals surface area (Å²) in [7, 11) is 0. The average molecular weight is 302 g/mol. The average Bonchev–Trinajstić information content (AvgIpc) is 2.36. The minimum absolute atomic E-state index is 0.152. The summed E-state index contributed by atoms with van der Waals surface area (Å²) in [5.41, 5.74) is 4.65. The topological polar surface area (TPSA) is 68.0 Å². The number of carbonyl (C=O) groups excluding carboxylic acids is 1.